The molecule has 0 saturated heterocycles. The van der Waals surface area contributed by atoms with Crippen LogP contribution in [0.1, 0.15) is 53.4 Å². The van der Waals surface area contributed by atoms with Crippen LogP contribution in [-0.2, 0) is 41.9 Å². The van der Waals surface area contributed by atoms with Gasteiger partial charge in [-0.05, 0) is 0 Å². The van der Waals surface area contributed by atoms with Gasteiger partial charge in [0.1, 0.15) is 0 Å². The van der Waals surface area contributed by atoms with Gasteiger partial charge in [-0.3, -0.25) is 0 Å². The Bertz CT molecular complexity index is 897. The molecular weight excluding hydrogens is 740 g/mol. The van der Waals surface area contributed by atoms with Gasteiger partial charge in [-0.2, -0.15) is 0 Å². The Morgan fingerprint density at radius 2 is 1.00 bits per heavy atom. The van der Waals surface area contributed by atoms with Crippen LogP contribution in [-0.4, -0.2) is 8.52 Å². The van der Waals surface area contributed by atoms with Gasteiger partial charge in [-0.25, -0.2) is 0 Å². The first kappa shape index (κ1) is 28.0. The third-order valence-electron chi connectivity index (χ3n) is 6.13. The quantitative estimate of drug-likeness (QED) is 0.256. The van der Waals surface area contributed by atoms with Crippen LogP contribution >= 0.6 is 24.8 Å². The topological polar surface area (TPSA) is 0 Å². The van der Waals surface area contributed by atoms with E-state index in [-0.39, 0.29) is 24.8 Å². The standard InChI is InChI=1S/2C7H9.2C5H5.2CH2.2ClH.2Hf/c2*1-6-4-3-5-7(6)2;2*1-2-4-5-3-1;;;;;;/h2*4H,5H2,1-2H3;2*1-3H,4H2;2*1H2;2*1H;;. The molecule has 30 heavy (non-hydrogen) atoms. The van der Waals surface area contributed by atoms with E-state index in [2.05, 4.69) is 84.8 Å². The average molecular weight is 774 g/mol. The fourth-order valence-electron chi connectivity index (χ4n) is 3.86. The van der Waals surface area contributed by atoms with E-state index in [9.17, 15) is 0 Å². The van der Waals surface area contributed by atoms with E-state index in [1.165, 1.54) is 36.8 Å². The summed E-state index contributed by atoms with van der Waals surface area (Å²) in [6.07, 6.45) is 23.1. The molecule has 0 bridgehead atoms. The fourth-order valence-corrected chi connectivity index (χ4v) is 17.8. The Balaban J connectivity index is 0.000000281. The third-order valence-corrected chi connectivity index (χ3v) is 22.2. The van der Waals surface area contributed by atoms with Crippen molar-refractivity contribution in [3.63, 3.8) is 0 Å². The average Bonchev–Trinajstić information content (AvgIpc) is 3.45. The molecule has 160 valence electrons. The zero-order valence-electron chi connectivity index (χ0n) is 18.7. The zero-order chi connectivity index (χ0) is 20.3. The van der Waals surface area contributed by atoms with Crippen molar-refractivity contribution in [2.75, 3.05) is 0 Å². The number of hydrogen-bond donors (Lipinski definition) is 0. The van der Waals surface area contributed by atoms with Crippen molar-refractivity contribution in [1.29, 1.82) is 0 Å². The van der Waals surface area contributed by atoms with Crippen LogP contribution < -0.4 is 0 Å². The molecule has 4 aliphatic carbocycles. The summed E-state index contributed by atoms with van der Waals surface area (Å²) < 4.78 is 15.7. The van der Waals surface area contributed by atoms with Crippen molar-refractivity contribution < 1.29 is 41.9 Å². The molecule has 0 radical (unpaired) electrons. The van der Waals surface area contributed by atoms with Crippen LogP contribution in [0.4, 0.5) is 0 Å². The van der Waals surface area contributed by atoms with E-state index in [1.54, 1.807) is 24.5 Å². The molecule has 0 spiro atoms. The van der Waals surface area contributed by atoms with Crippen molar-refractivity contribution in [3.8, 4) is 0 Å². The molecule has 0 aromatic carbocycles. The van der Waals surface area contributed by atoms with Crippen molar-refractivity contribution in [1.82, 2.24) is 0 Å². The van der Waals surface area contributed by atoms with Gasteiger partial charge in [-0.1, -0.05) is 0 Å². The first-order valence-electron chi connectivity index (χ1n) is 10.2. The van der Waals surface area contributed by atoms with Crippen molar-refractivity contribution in [2.24, 2.45) is 0 Å². The van der Waals surface area contributed by atoms with Gasteiger partial charge in [0, 0.05) is 0 Å². The predicted octanol–water partition coefficient (Wildman–Crippen LogP) is 7.85. The van der Waals surface area contributed by atoms with E-state index >= 15 is 0 Å². The fraction of sp³-hybridized carbons (Fsp3) is 0.308. The van der Waals surface area contributed by atoms with Crippen LogP contribution in [0.15, 0.2) is 84.2 Å². The van der Waals surface area contributed by atoms with E-state index < -0.39 is 41.9 Å². The molecule has 0 aliphatic heterocycles. The molecule has 0 fully saturated rings. The van der Waals surface area contributed by atoms with Crippen LogP contribution in [0.3, 0.4) is 0 Å². The van der Waals surface area contributed by atoms with Crippen molar-refractivity contribution in [3.05, 3.63) is 84.2 Å². The first-order valence-corrected chi connectivity index (χ1v) is 22.5. The maximum absolute atomic E-state index is 4.48. The Hall–Kier alpha value is -0.0197. The molecule has 0 saturated carbocycles. The van der Waals surface area contributed by atoms with Crippen molar-refractivity contribution >= 4 is 33.3 Å². The van der Waals surface area contributed by atoms with Gasteiger partial charge >= 0.3 is 188 Å². The SMILES string of the molecule is Cl.Cl.[CH2]=[Hf]([C]1=CC=CC1)[C]1=CC(C)=C(C)C1.[CH2]=[Hf]([C]1=CC=CC1)[C]1=CC(C)=C(C)C1. The normalized spacial score (nSPS) is 18.8. The van der Waals surface area contributed by atoms with E-state index in [4.69, 9.17) is 0 Å². The number of allylic oxidation sites excluding steroid dienone is 16. The molecule has 4 rings (SSSR count). The van der Waals surface area contributed by atoms with Gasteiger partial charge < -0.3 is 0 Å². The summed E-state index contributed by atoms with van der Waals surface area (Å²) in [5.41, 5.74) is 6.07. The van der Waals surface area contributed by atoms with Gasteiger partial charge in [-0.15, -0.1) is 24.8 Å². The number of hydrogen-bond acceptors (Lipinski definition) is 0. The third kappa shape index (κ3) is 6.99. The molecule has 0 heterocycles. The van der Waals surface area contributed by atoms with Crippen molar-refractivity contribution in [2.45, 2.75) is 53.4 Å². The summed E-state index contributed by atoms with van der Waals surface area (Å²) in [5, 5.41) is 0. The number of halogens is 2. The summed E-state index contributed by atoms with van der Waals surface area (Å²) in [7, 11) is 0. The molecule has 0 nitrogen and oxygen atoms in total. The summed E-state index contributed by atoms with van der Waals surface area (Å²) in [5.74, 6) is 0. The number of rotatable bonds is 4. The molecule has 4 aliphatic rings. The summed E-state index contributed by atoms with van der Waals surface area (Å²) >= 11 is -3.53. The van der Waals surface area contributed by atoms with Crippen LogP contribution in [0.2, 0.25) is 0 Å². The second kappa shape index (κ2) is 12.9. The summed E-state index contributed by atoms with van der Waals surface area (Å²) in [6, 6.07) is 0. The Labute approximate surface area is 210 Å². The second-order valence-electron chi connectivity index (χ2n) is 8.22. The van der Waals surface area contributed by atoms with Gasteiger partial charge in [0.2, 0.25) is 0 Å². The Kier molecular flexibility index (Phi) is 12.0. The van der Waals surface area contributed by atoms with E-state index in [0.717, 1.165) is 0 Å². The predicted molar refractivity (Wildman–Crippen MR) is 135 cm³/mol. The molecule has 0 atom stereocenters. The van der Waals surface area contributed by atoms with Gasteiger partial charge in [0.25, 0.3) is 0 Å². The Morgan fingerprint density at radius 1 is 0.633 bits per heavy atom. The molecule has 0 amide bonds. The molecule has 0 aromatic rings. The second-order valence-corrected chi connectivity index (χ2v) is 24.3. The van der Waals surface area contributed by atoms with Crippen LogP contribution in [0, 0.1) is 0 Å². The zero-order valence-corrected chi connectivity index (χ0v) is 27.5. The molecule has 0 unspecified atom stereocenters. The molecule has 4 heteroatoms. The maximum atomic E-state index is 4.48. The van der Waals surface area contributed by atoms with E-state index in [1.807, 2.05) is 0 Å². The van der Waals surface area contributed by atoms with E-state index in [0.29, 0.717) is 0 Å². The summed E-state index contributed by atoms with van der Waals surface area (Å²) in [6.45, 7) is 8.95. The van der Waals surface area contributed by atoms with Crippen LogP contribution in [0.25, 0.3) is 0 Å². The van der Waals surface area contributed by atoms with Crippen LogP contribution in [0.5, 0.6) is 0 Å². The monoisotopic (exact) mass is 776 g/mol. The molecule has 0 N–H and O–H groups in total. The van der Waals surface area contributed by atoms with Gasteiger partial charge in [0.15, 0.2) is 0 Å². The molecular formula is C26H34Cl2Hf2. The Morgan fingerprint density at radius 3 is 1.23 bits per heavy atom. The van der Waals surface area contributed by atoms with Gasteiger partial charge in [0.05, 0.1) is 0 Å². The summed E-state index contributed by atoms with van der Waals surface area (Å²) in [4.78, 5) is 0. The minimum atomic E-state index is -1.76. The molecule has 0 aromatic heterocycles. The minimum absolute atomic E-state index is 0. The first-order chi connectivity index (χ1) is 13.4.